The molecule has 0 aliphatic rings. The molecule has 0 heterocycles. The smallest absolute Gasteiger partial charge is 0.242 e. The van der Waals surface area contributed by atoms with Crippen LogP contribution in [-0.4, -0.2) is 29.3 Å². The average molecular weight is 405 g/mol. The molecule has 0 aromatic heterocycles. The van der Waals surface area contributed by atoms with E-state index in [0.29, 0.717) is 17.1 Å². The Bertz CT molecular complexity index is 795. The molecule has 0 aliphatic heterocycles. The summed E-state index contributed by atoms with van der Waals surface area (Å²) in [6.07, 6.45) is 1.94. The minimum absolute atomic E-state index is 0.0907. The molecule has 1 unspecified atom stereocenters. The Morgan fingerprint density at radius 1 is 1.14 bits per heavy atom. The van der Waals surface area contributed by atoms with E-state index in [4.69, 9.17) is 11.6 Å². The first-order valence-corrected chi connectivity index (χ1v) is 9.85. The molecule has 28 heavy (non-hydrogen) atoms. The van der Waals surface area contributed by atoms with Crippen molar-refractivity contribution in [3.63, 3.8) is 0 Å². The fraction of sp³-hybridized carbons (Fsp3) is 0.364. The Balaban J connectivity index is 2.18. The zero-order valence-electron chi connectivity index (χ0n) is 16.3. The standard InChI is InChI=1S/C22H26ClFN2O2/c1-3-4-13-25-22(28)16(2)26(15-17-9-11-19(24)12-10-17)21(27)14-18-7-5-6-8-20(18)23/h5-12,16H,3-4,13-15H2,1-2H3,(H,25,28). The monoisotopic (exact) mass is 404 g/mol. The molecule has 0 radical (unpaired) electrons. The third-order valence-corrected chi connectivity index (χ3v) is 4.93. The van der Waals surface area contributed by atoms with Gasteiger partial charge in [0.2, 0.25) is 11.8 Å². The quantitative estimate of drug-likeness (QED) is 0.631. The highest BCUT2D eigenvalue weighted by atomic mass is 35.5. The fourth-order valence-electron chi connectivity index (χ4n) is 2.81. The zero-order chi connectivity index (χ0) is 20.5. The van der Waals surface area contributed by atoms with Gasteiger partial charge >= 0.3 is 0 Å². The van der Waals surface area contributed by atoms with Gasteiger partial charge in [-0.05, 0) is 42.7 Å². The lowest BCUT2D eigenvalue weighted by atomic mass is 10.1. The summed E-state index contributed by atoms with van der Waals surface area (Å²) in [6, 6.07) is 12.4. The minimum atomic E-state index is -0.656. The van der Waals surface area contributed by atoms with Crippen LogP contribution in [0.5, 0.6) is 0 Å². The molecule has 0 aliphatic carbocycles. The van der Waals surface area contributed by atoms with Crippen molar-refractivity contribution < 1.29 is 14.0 Å². The summed E-state index contributed by atoms with van der Waals surface area (Å²) in [7, 11) is 0. The summed E-state index contributed by atoms with van der Waals surface area (Å²) in [5.41, 5.74) is 1.46. The lowest BCUT2D eigenvalue weighted by Gasteiger charge is -2.29. The zero-order valence-corrected chi connectivity index (χ0v) is 17.0. The van der Waals surface area contributed by atoms with Crippen molar-refractivity contribution in [3.8, 4) is 0 Å². The number of nitrogens with one attached hydrogen (secondary N) is 1. The summed E-state index contributed by atoms with van der Waals surface area (Å²) < 4.78 is 13.2. The van der Waals surface area contributed by atoms with Crippen LogP contribution in [0.25, 0.3) is 0 Å². The van der Waals surface area contributed by atoms with E-state index in [1.165, 1.54) is 17.0 Å². The molecule has 2 aromatic carbocycles. The van der Waals surface area contributed by atoms with Crippen LogP contribution in [0.4, 0.5) is 4.39 Å². The first kappa shape index (κ1) is 21.9. The second-order valence-electron chi connectivity index (χ2n) is 6.74. The minimum Gasteiger partial charge on any atom is -0.354 e. The summed E-state index contributed by atoms with van der Waals surface area (Å²) in [4.78, 5) is 27.1. The van der Waals surface area contributed by atoms with Gasteiger partial charge in [-0.1, -0.05) is 55.3 Å². The maximum absolute atomic E-state index is 13.2. The van der Waals surface area contributed by atoms with Gasteiger partial charge in [0.15, 0.2) is 0 Å². The predicted molar refractivity (Wildman–Crippen MR) is 109 cm³/mol. The SMILES string of the molecule is CCCCNC(=O)C(C)N(Cc1ccc(F)cc1)C(=O)Cc1ccccc1Cl. The number of benzene rings is 2. The van der Waals surface area contributed by atoms with Crippen molar-refractivity contribution in [1.29, 1.82) is 0 Å². The van der Waals surface area contributed by atoms with E-state index in [1.54, 1.807) is 37.3 Å². The Labute approximate surface area is 170 Å². The molecule has 0 spiro atoms. The number of hydrogen-bond donors (Lipinski definition) is 1. The molecule has 2 amide bonds. The van der Waals surface area contributed by atoms with E-state index in [9.17, 15) is 14.0 Å². The van der Waals surface area contributed by atoms with Gasteiger partial charge in [-0.25, -0.2) is 4.39 Å². The van der Waals surface area contributed by atoms with Gasteiger partial charge in [-0.2, -0.15) is 0 Å². The van der Waals surface area contributed by atoms with E-state index in [2.05, 4.69) is 5.32 Å². The van der Waals surface area contributed by atoms with Gasteiger partial charge in [0, 0.05) is 18.1 Å². The normalized spacial score (nSPS) is 11.7. The number of unbranched alkanes of at least 4 members (excludes halogenated alkanes) is 1. The second-order valence-corrected chi connectivity index (χ2v) is 7.14. The van der Waals surface area contributed by atoms with Crippen LogP contribution in [0.3, 0.4) is 0 Å². The van der Waals surface area contributed by atoms with E-state index >= 15 is 0 Å². The maximum Gasteiger partial charge on any atom is 0.242 e. The Hall–Kier alpha value is -2.40. The third-order valence-electron chi connectivity index (χ3n) is 4.56. The number of hydrogen-bond acceptors (Lipinski definition) is 2. The predicted octanol–water partition coefficient (Wildman–Crippen LogP) is 4.36. The van der Waals surface area contributed by atoms with Crippen molar-refractivity contribution >= 4 is 23.4 Å². The van der Waals surface area contributed by atoms with Crippen molar-refractivity contribution in [3.05, 3.63) is 70.5 Å². The van der Waals surface area contributed by atoms with Crippen LogP contribution < -0.4 is 5.32 Å². The highest BCUT2D eigenvalue weighted by Gasteiger charge is 2.26. The number of halogens is 2. The highest BCUT2D eigenvalue weighted by Crippen LogP contribution is 2.18. The molecular formula is C22H26ClFN2O2. The maximum atomic E-state index is 13.2. The third kappa shape index (κ3) is 6.34. The van der Waals surface area contributed by atoms with Gasteiger partial charge in [-0.3, -0.25) is 9.59 Å². The van der Waals surface area contributed by atoms with Crippen LogP contribution in [0.1, 0.15) is 37.8 Å². The molecular weight excluding hydrogens is 379 g/mol. The van der Waals surface area contributed by atoms with Crippen molar-refractivity contribution in [1.82, 2.24) is 10.2 Å². The Morgan fingerprint density at radius 2 is 1.82 bits per heavy atom. The Morgan fingerprint density at radius 3 is 2.46 bits per heavy atom. The van der Waals surface area contributed by atoms with Crippen LogP contribution in [0, 0.1) is 5.82 Å². The van der Waals surface area contributed by atoms with Crippen molar-refractivity contribution in [2.24, 2.45) is 0 Å². The topological polar surface area (TPSA) is 49.4 Å². The summed E-state index contributed by atoms with van der Waals surface area (Å²) >= 11 is 6.19. The van der Waals surface area contributed by atoms with E-state index in [-0.39, 0.29) is 30.6 Å². The van der Waals surface area contributed by atoms with Crippen molar-refractivity contribution in [2.75, 3.05) is 6.54 Å². The fourth-order valence-corrected chi connectivity index (χ4v) is 3.01. The van der Waals surface area contributed by atoms with Crippen LogP contribution in [-0.2, 0) is 22.6 Å². The molecule has 0 saturated heterocycles. The average Bonchev–Trinajstić information content (AvgIpc) is 2.68. The number of amides is 2. The number of carbonyl (C=O) groups excluding carboxylic acids is 2. The van der Waals surface area contributed by atoms with Gasteiger partial charge in [-0.15, -0.1) is 0 Å². The van der Waals surface area contributed by atoms with Crippen molar-refractivity contribution in [2.45, 2.75) is 45.7 Å². The number of carbonyl (C=O) groups is 2. The Kier molecular flexibility index (Phi) is 8.45. The van der Waals surface area contributed by atoms with E-state index < -0.39 is 6.04 Å². The van der Waals surface area contributed by atoms with Gasteiger partial charge in [0.1, 0.15) is 11.9 Å². The molecule has 2 rings (SSSR count). The molecule has 0 bridgehead atoms. The van der Waals surface area contributed by atoms with Gasteiger partial charge < -0.3 is 10.2 Å². The second kappa shape index (κ2) is 10.8. The first-order chi connectivity index (χ1) is 13.4. The molecule has 1 N–H and O–H groups in total. The summed E-state index contributed by atoms with van der Waals surface area (Å²) in [6.45, 7) is 4.54. The molecule has 150 valence electrons. The molecule has 1 atom stereocenters. The van der Waals surface area contributed by atoms with E-state index in [0.717, 1.165) is 18.4 Å². The van der Waals surface area contributed by atoms with Crippen LogP contribution in [0.2, 0.25) is 5.02 Å². The van der Waals surface area contributed by atoms with Crippen LogP contribution in [0.15, 0.2) is 48.5 Å². The number of nitrogens with zero attached hydrogens (tertiary/aromatic N) is 1. The largest absolute Gasteiger partial charge is 0.354 e. The lowest BCUT2D eigenvalue weighted by molar-refractivity contribution is -0.140. The van der Waals surface area contributed by atoms with E-state index in [1.807, 2.05) is 13.0 Å². The summed E-state index contributed by atoms with van der Waals surface area (Å²) in [5, 5.41) is 3.38. The molecule has 2 aromatic rings. The van der Waals surface area contributed by atoms with Gasteiger partial charge in [0.25, 0.3) is 0 Å². The van der Waals surface area contributed by atoms with Gasteiger partial charge in [0.05, 0.1) is 6.42 Å². The molecule has 4 nitrogen and oxygen atoms in total. The summed E-state index contributed by atoms with van der Waals surface area (Å²) in [5.74, 6) is -0.762. The number of rotatable bonds is 9. The molecule has 0 saturated carbocycles. The first-order valence-electron chi connectivity index (χ1n) is 9.47. The molecule has 0 fully saturated rings. The van der Waals surface area contributed by atoms with Crippen LogP contribution >= 0.6 is 11.6 Å². The highest BCUT2D eigenvalue weighted by molar-refractivity contribution is 6.31. The molecule has 6 heteroatoms. The lowest BCUT2D eigenvalue weighted by Crippen LogP contribution is -2.48.